The average Bonchev–Trinajstić information content (AvgIpc) is 3.10. The van der Waals surface area contributed by atoms with Crippen molar-refractivity contribution in [3.8, 4) is 0 Å². The second-order valence-electron chi connectivity index (χ2n) is 4.94. The number of likely N-dealkylation sites (N-methyl/N-ethyl adjacent to an activating group) is 1. The highest BCUT2D eigenvalue weighted by molar-refractivity contribution is 7.09. The molecule has 0 fully saturated rings. The van der Waals surface area contributed by atoms with E-state index >= 15 is 0 Å². The fourth-order valence-electron chi connectivity index (χ4n) is 1.84. The first-order chi connectivity index (χ1) is 10.8. The fraction of sp³-hybridized carbons (Fsp3) is 0.538. The summed E-state index contributed by atoms with van der Waals surface area (Å²) in [6, 6.07) is 0. The quantitative estimate of drug-likeness (QED) is 0.802. The lowest BCUT2D eigenvalue weighted by molar-refractivity contribution is -0.159. The normalized spacial score (nSPS) is 11.7. The second kappa shape index (κ2) is 7.07. The first-order valence-corrected chi connectivity index (χ1v) is 7.68. The number of aromatic nitrogens is 3. The Hall–Kier alpha value is -1.97. The second-order valence-corrected chi connectivity index (χ2v) is 5.88. The van der Waals surface area contributed by atoms with Gasteiger partial charge in [0.2, 0.25) is 5.91 Å². The number of thiazole rings is 1. The molecule has 0 unspecified atom stereocenters. The largest absolute Gasteiger partial charge is 0.471 e. The molecule has 1 amide bonds. The van der Waals surface area contributed by atoms with Gasteiger partial charge in [0.25, 0.3) is 0 Å². The van der Waals surface area contributed by atoms with Crippen LogP contribution in [0.1, 0.15) is 28.7 Å². The van der Waals surface area contributed by atoms with Crippen LogP contribution in [-0.4, -0.2) is 39.5 Å². The molecular weight excluding hydrogens is 333 g/mol. The first kappa shape index (κ1) is 17.4. The van der Waals surface area contributed by atoms with Crippen molar-refractivity contribution in [2.45, 2.75) is 32.4 Å². The molecule has 0 aliphatic heterocycles. The van der Waals surface area contributed by atoms with Gasteiger partial charge in [-0.1, -0.05) is 5.16 Å². The molecule has 0 radical (unpaired) electrons. The van der Waals surface area contributed by atoms with Crippen LogP contribution < -0.4 is 0 Å². The Balaban J connectivity index is 1.80. The summed E-state index contributed by atoms with van der Waals surface area (Å²) in [6.07, 6.45) is -3.64. The molecule has 6 nitrogen and oxygen atoms in total. The number of carbonyl (C=O) groups is 1. The van der Waals surface area contributed by atoms with Crippen molar-refractivity contribution in [2.24, 2.45) is 0 Å². The molecule has 0 aromatic carbocycles. The van der Waals surface area contributed by atoms with Gasteiger partial charge >= 0.3 is 12.1 Å². The molecule has 0 bridgehead atoms. The van der Waals surface area contributed by atoms with Crippen molar-refractivity contribution in [1.82, 2.24) is 20.0 Å². The first-order valence-electron chi connectivity index (χ1n) is 6.80. The number of alkyl halides is 3. The Morgan fingerprint density at radius 1 is 1.39 bits per heavy atom. The van der Waals surface area contributed by atoms with Crippen LogP contribution in [0.15, 0.2) is 10.0 Å². The van der Waals surface area contributed by atoms with E-state index in [1.807, 2.05) is 6.92 Å². The van der Waals surface area contributed by atoms with Gasteiger partial charge in [0.05, 0.1) is 11.2 Å². The van der Waals surface area contributed by atoms with Gasteiger partial charge in [0, 0.05) is 31.3 Å². The van der Waals surface area contributed by atoms with E-state index < -0.39 is 12.1 Å². The Bertz CT molecular complexity index is 668. The monoisotopic (exact) mass is 348 g/mol. The highest BCUT2D eigenvalue weighted by Gasteiger charge is 2.38. The van der Waals surface area contributed by atoms with Gasteiger partial charge in [-0.3, -0.25) is 4.79 Å². The van der Waals surface area contributed by atoms with E-state index in [4.69, 9.17) is 0 Å². The Kier molecular flexibility index (Phi) is 5.34. The van der Waals surface area contributed by atoms with E-state index in [-0.39, 0.29) is 24.7 Å². The maximum Gasteiger partial charge on any atom is 0.471 e. The summed E-state index contributed by atoms with van der Waals surface area (Å²) in [5, 5.41) is 3.26. The van der Waals surface area contributed by atoms with Crippen molar-refractivity contribution in [2.75, 3.05) is 13.6 Å². The Morgan fingerprint density at radius 2 is 2.13 bits per heavy atom. The third kappa shape index (κ3) is 4.75. The van der Waals surface area contributed by atoms with Crippen molar-refractivity contribution < 1.29 is 22.5 Å². The smallest absolute Gasteiger partial charge is 0.345 e. The predicted octanol–water partition coefficient (Wildman–Crippen LogP) is 2.49. The molecule has 0 aliphatic rings. The lowest BCUT2D eigenvalue weighted by atomic mass is 10.2. The molecule has 2 aromatic rings. The van der Waals surface area contributed by atoms with E-state index in [0.29, 0.717) is 12.8 Å². The highest BCUT2D eigenvalue weighted by Crippen LogP contribution is 2.27. The zero-order valence-corrected chi connectivity index (χ0v) is 13.4. The molecule has 0 N–H and O–H groups in total. The van der Waals surface area contributed by atoms with Crippen LogP contribution >= 0.6 is 11.3 Å². The third-order valence-electron chi connectivity index (χ3n) is 3.22. The van der Waals surface area contributed by atoms with E-state index in [2.05, 4.69) is 19.6 Å². The number of halogens is 3. The zero-order chi connectivity index (χ0) is 17.0. The summed E-state index contributed by atoms with van der Waals surface area (Å²) in [6.45, 7) is 2.10. The predicted molar refractivity (Wildman–Crippen MR) is 75.8 cm³/mol. The molecule has 2 aromatic heterocycles. The van der Waals surface area contributed by atoms with Gasteiger partial charge in [0.1, 0.15) is 0 Å². The summed E-state index contributed by atoms with van der Waals surface area (Å²) in [7, 11) is 1.59. The number of rotatable bonds is 6. The molecule has 0 aliphatic carbocycles. The molecule has 10 heteroatoms. The van der Waals surface area contributed by atoms with Crippen molar-refractivity contribution in [1.29, 1.82) is 0 Å². The van der Waals surface area contributed by atoms with Gasteiger partial charge in [-0.15, -0.1) is 11.3 Å². The van der Waals surface area contributed by atoms with Crippen LogP contribution in [0, 0.1) is 6.92 Å². The SMILES string of the molecule is Cc1ncsc1CCC(=O)N(C)CCc1noc(C(F)(F)F)n1. The fourth-order valence-corrected chi connectivity index (χ4v) is 2.62. The number of carbonyl (C=O) groups excluding carboxylic acids is 1. The molecule has 2 heterocycles. The van der Waals surface area contributed by atoms with Crippen molar-refractivity contribution in [3.05, 3.63) is 27.8 Å². The number of amides is 1. The Labute approximate surface area is 134 Å². The van der Waals surface area contributed by atoms with Gasteiger partial charge in [-0.2, -0.15) is 18.2 Å². The lowest BCUT2D eigenvalue weighted by Gasteiger charge is -2.15. The summed E-state index contributed by atoms with van der Waals surface area (Å²) in [5.74, 6) is -1.55. The lowest BCUT2D eigenvalue weighted by Crippen LogP contribution is -2.29. The topological polar surface area (TPSA) is 72.1 Å². The third-order valence-corrected chi connectivity index (χ3v) is 4.21. The number of aryl methyl sites for hydroxylation is 2. The van der Waals surface area contributed by atoms with Gasteiger partial charge in [-0.05, 0) is 13.3 Å². The minimum absolute atomic E-state index is 0.0738. The minimum Gasteiger partial charge on any atom is -0.345 e. The molecule has 0 saturated carbocycles. The molecular formula is C13H15F3N4O2S. The molecule has 0 saturated heterocycles. The Morgan fingerprint density at radius 3 is 2.70 bits per heavy atom. The van der Waals surface area contributed by atoms with Crippen molar-refractivity contribution in [3.63, 3.8) is 0 Å². The van der Waals surface area contributed by atoms with E-state index in [9.17, 15) is 18.0 Å². The standard InChI is InChI=1S/C13H15F3N4O2S/c1-8-9(23-7-17-8)3-4-11(21)20(2)6-5-10-18-12(22-19-10)13(14,15)16/h7H,3-6H2,1-2H3. The summed E-state index contributed by atoms with van der Waals surface area (Å²) in [5.41, 5.74) is 2.64. The van der Waals surface area contributed by atoms with Crippen LogP contribution in [0.25, 0.3) is 0 Å². The summed E-state index contributed by atoms with van der Waals surface area (Å²) in [4.78, 5) is 21.9. The zero-order valence-electron chi connectivity index (χ0n) is 12.6. The van der Waals surface area contributed by atoms with Gasteiger partial charge < -0.3 is 9.42 Å². The van der Waals surface area contributed by atoms with E-state index in [1.165, 1.54) is 16.2 Å². The minimum atomic E-state index is -4.65. The number of hydrogen-bond acceptors (Lipinski definition) is 6. The maximum absolute atomic E-state index is 12.3. The van der Waals surface area contributed by atoms with Crippen LogP contribution in [0.5, 0.6) is 0 Å². The average molecular weight is 348 g/mol. The molecule has 0 atom stereocenters. The molecule has 2 rings (SSSR count). The van der Waals surface area contributed by atoms with Crippen LogP contribution in [0.2, 0.25) is 0 Å². The summed E-state index contributed by atoms with van der Waals surface area (Å²) >= 11 is 1.50. The maximum atomic E-state index is 12.3. The molecule has 0 spiro atoms. The van der Waals surface area contributed by atoms with E-state index in [1.54, 1.807) is 12.6 Å². The van der Waals surface area contributed by atoms with Gasteiger partial charge in [-0.25, -0.2) is 4.98 Å². The molecule has 126 valence electrons. The molecule has 23 heavy (non-hydrogen) atoms. The summed E-state index contributed by atoms with van der Waals surface area (Å²) < 4.78 is 41.1. The van der Waals surface area contributed by atoms with Crippen LogP contribution in [0.3, 0.4) is 0 Å². The van der Waals surface area contributed by atoms with Gasteiger partial charge in [0.15, 0.2) is 5.82 Å². The number of hydrogen-bond donors (Lipinski definition) is 0. The highest BCUT2D eigenvalue weighted by atomic mass is 32.1. The van der Waals surface area contributed by atoms with Crippen LogP contribution in [-0.2, 0) is 23.8 Å². The van der Waals surface area contributed by atoms with Crippen molar-refractivity contribution >= 4 is 17.2 Å². The van der Waals surface area contributed by atoms with E-state index in [0.717, 1.165) is 10.6 Å². The number of nitrogens with zero attached hydrogens (tertiary/aromatic N) is 4. The van der Waals surface area contributed by atoms with Crippen LogP contribution in [0.4, 0.5) is 13.2 Å².